The van der Waals surface area contributed by atoms with Crippen molar-refractivity contribution in [1.29, 1.82) is 0 Å². The van der Waals surface area contributed by atoms with Gasteiger partial charge < -0.3 is 37.9 Å². The molecule has 8 heterocycles. The molecule has 0 unspecified atom stereocenters. The first-order chi connectivity index (χ1) is 43.5. The molecule has 16 nitrogen and oxygen atoms in total. The molecular formula is C71H68F2N8O8. The molecule has 4 aromatic heterocycles. The maximum atomic E-state index is 14.7. The number of aromatic carboxylic acids is 1. The highest BCUT2D eigenvalue weighted by molar-refractivity contribution is 5.94. The quantitative estimate of drug-likeness (QED) is 0.0636. The van der Waals surface area contributed by atoms with Gasteiger partial charge in [-0.05, 0) is 135 Å². The summed E-state index contributed by atoms with van der Waals surface area (Å²) in [4.78, 5) is 47.7. The maximum absolute atomic E-state index is 14.7. The lowest BCUT2D eigenvalue weighted by Gasteiger charge is -2.29. The molecule has 4 aliphatic heterocycles. The van der Waals surface area contributed by atoms with Crippen LogP contribution >= 0.6 is 0 Å². The van der Waals surface area contributed by atoms with E-state index in [1.54, 1.807) is 48.5 Å². The molecule has 2 aliphatic carbocycles. The Morgan fingerprint density at radius 2 is 1.07 bits per heavy atom. The van der Waals surface area contributed by atoms with Crippen LogP contribution in [0, 0.1) is 47.2 Å². The average molecular weight is 1200 g/mol. The monoisotopic (exact) mass is 1200 g/mol. The Balaban J connectivity index is 0.000000164. The third kappa shape index (κ3) is 14.6. The topological polar surface area (TPSA) is 168 Å². The molecule has 1 N–H and O–H groups in total. The Bertz CT molecular complexity index is 4170. The molecule has 0 spiro atoms. The Morgan fingerprint density at radius 1 is 0.596 bits per heavy atom. The summed E-state index contributed by atoms with van der Waals surface area (Å²) in [5.41, 5.74) is 10.5. The molecule has 8 aromatic rings. The van der Waals surface area contributed by atoms with Crippen LogP contribution in [0.1, 0.15) is 117 Å². The van der Waals surface area contributed by atoms with E-state index in [9.17, 15) is 23.5 Å². The third-order valence-corrected chi connectivity index (χ3v) is 17.0. The van der Waals surface area contributed by atoms with E-state index in [2.05, 4.69) is 54.8 Å². The Kier molecular flexibility index (Phi) is 17.7. The summed E-state index contributed by atoms with van der Waals surface area (Å²) in [5, 5.41) is 9.51. The molecule has 18 heteroatoms. The summed E-state index contributed by atoms with van der Waals surface area (Å²) >= 11 is 0. The number of halogens is 2. The number of nitrogens with zero attached hydrogens (tertiary/aromatic N) is 8. The summed E-state index contributed by atoms with van der Waals surface area (Å²) in [6.07, 6.45) is 12.9. The summed E-state index contributed by atoms with van der Waals surface area (Å²) in [6.45, 7) is 7.53. The molecular weight excluding hydrogens is 1130 g/mol. The van der Waals surface area contributed by atoms with Gasteiger partial charge in [-0.25, -0.2) is 38.3 Å². The fourth-order valence-corrected chi connectivity index (χ4v) is 11.2. The van der Waals surface area contributed by atoms with Crippen molar-refractivity contribution in [2.24, 2.45) is 11.8 Å². The minimum absolute atomic E-state index is 0.0896. The van der Waals surface area contributed by atoms with Crippen molar-refractivity contribution in [3.63, 3.8) is 0 Å². The van der Waals surface area contributed by atoms with Gasteiger partial charge >= 0.3 is 11.9 Å². The largest absolute Gasteiger partial charge is 0.478 e. The van der Waals surface area contributed by atoms with E-state index in [1.165, 1.54) is 19.2 Å². The van der Waals surface area contributed by atoms with Gasteiger partial charge in [0.25, 0.3) is 0 Å². The van der Waals surface area contributed by atoms with Crippen molar-refractivity contribution < 1.29 is 47.2 Å². The number of aromatic nitrogens is 6. The van der Waals surface area contributed by atoms with Gasteiger partial charge in [-0.2, -0.15) is 0 Å². The second-order valence-electron chi connectivity index (χ2n) is 23.5. The van der Waals surface area contributed by atoms with E-state index in [0.29, 0.717) is 77.6 Å². The number of carbonyl (C=O) groups is 2. The minimum atomic E-state index is -0.951. The number of hydrogen-bond acceptors (Lipinski definition) is 13. The fraction of sp³-hybridized carbons (Fsp3) is 0.352. The number of carboxylic acid groups (broad SMARTS) is 1. The molecule has 0 bridgehead atoms. The Morgan fingerprint density at radius 3 is 1.47 bits per heavy atom. The van der Waals surface area contributed by atoms with Crippen LogP contribution in [-0.2, 0) is 53.6 Å². The first-order valence-corrected chi connectivity index (χ1v) is 30.7. The summed E-state index contributed by atoms with van der Waals surface area (Å²) in [5.74, 6) is 14.2. The zero-order chi connectivity index (χ0) is 60.8. The van der Waals surface area contributed by atoms with Gasteiger partial charge in [0, 0.05) is 85.6 Å². The number of pyridine rings is 2. The first-order valence-electron chi connectivity index (χ1n) is 30.7. The van der Waals surface area contributed by atoms with E-state index >= 15 is 0 Å². The van der Waals surface area contributed by atoms with E-state index in [-0.39, 0.29) is 48.6 Å². The van der Waals surface area contributed by atoms with Gasteiger partial charge in [-0.1, -0.05) is 60.1 Å². The van der Waals surface area contributed by atoms with E-state index in [1.807, 2.05) is 48.5 Å². The standard InChI is InChI=1S/C36H35FN4O4.C35H33FN4O4/c1-43-36(42)27-11-12-32-33(20-27)41(21-29-15-18-44-29)34(38-32)22-40-16-13-26(14-17-40)31-3-2-4-35(39-31)45-23-28-10-9-25(19-30(28)37)8-7-24-5-6-24;36-29-18-24(7-6-23-4-5-23)8-9-27(29)22-44-34-3-1-2-30(38-34)25-12-15-39(16-13-25)21-33-37-31-11-10-26(35(41)42)19-32(31)40(33)20-28-14-17-43-28/h2-4,9-13,19-20,24,29H,5-6,14-18,21-23H2,1H3;1-3,8-12,18-19,23,28H,4-5,13-17,20-22H2,(H,41,42)/t29-;28-/m00/s1. The fourth-order valence-electron chi connectivity index (χ4n) is 11.2. The second-order valence-corrected chi connectivity index (χ2v) is 23.5. The molecule has 454 valence electrons. The van der Waals surface area contributed by atoms with Gasteiger partial charge in [0.15, 0.2) is 0 Å². The van der Waals surface area contributed by atoms with Crippen LogP contribution in [-0.4, -0.2) is 115 Å². The molecule has 0 amide bonds. The third-order valence-electron chi connectivity index (χ3n) is 17.0. The number of ether oxygens (including phenoxy) is 5. The average Bonchev–Trinajstić information content (AvgIpc) is 1.86. The molecule has 2 atom stereocenters. The number of carboxylic acids is 1. The van der Waals surface area contributed by atoms with E-state index in [0.717, 1.165) is 147 Å². The smallest absolute Gasteiger partial charge is 0.337 e. The Hall–Kier alpha value is -9.04. The van der Waals surface area contributed by atoms with Gasteiger partial charge in [0.2, 0.25) is 11.8 Å². The number of methoxy groups -OCH3 is 1. The van der Waals surface area contributed by atoms with Crippen LogP contribution in [0.2, 0.25) is 0 Å². The van der Waals surface area contributed by atoms with Crippen molar-refractivity contribution in [3.05, 3.63) is 189 Å². The molecule has 2 saturated carbocycles. The normalized spacial score (nSPS) is 18.2. The first kappa shape index (κ1) is 59.0. The number of benzene rings is 4. The van der Waals surface area contributed by atoms with Crippen LogP contribution in [0.3, 0.4) is 0 Å². The van der Waals surface area contributed by atoms with Crippen molar-refractivity contribution in [2.75, 3.05) is 46.5 Å². The van der Waals surface area contributed by atoms with Crippen LogP contribution in [0.4, 0.5) is 8.78 Å². The molecule has 6 aliphatic rings. The lowest BCUT2D eigenvalue weighted by molar-refractivity contribution is -0.0593. The number of imidazole rings is 2. The Labute approximate surface area is 515 Å². The molecule has 2 saturated heterocycles. The van der Waals surface area contributed by atoms with Gasteiger partial charge in [0.05, 0.1) is 90.1 Å². The minimum Gasteiger partial charge on any atom is -0.478 e. The van der Waals surface area contributed by atoms with Crippen molar-refractivity contribution >= 4 is 45.2 Å². The van der Waals surface area contributed by atoms with Crippen LogP contribution < -0.4 is 9.47 Å². The predicted molar refractivity (Wildman–Crippen MR) is 331 cm³/mol. The van der Waals surface area contributed by atoms with Gasteiger partial charge in [-0.15, -0.1) is 0 Å². The highest BCUT2D eigenvalue weighted by atomic mass is 19.1. The van der Waals surface area contributed by atoms with E-state index < -0.39 is 5.97 Å². The predicted octanol–water partition coefficient (Wildman–Crippen LogP) is 11.5. The van der Waals surface area contributed by atoms with Crippen LogP contribution in [0.15, 0.2) is 121 Å². The number of hydrogen-bond donors (Lipinski definition) is 1. The molecule has 4 aromatic carbocycles. The molecule has 14 rings (SSSR count). The molecule has 89 heavy (non-hydrogen) atoms. The highest BCUT2D eigenvalue weighted by Gasteiger charge is 2.27. The number of rotatable bonds is 18. The van der Waals surface area contributed by atoms with Gasteiger partial charge in [-0.3, -0.25) is 9.80 Å². The highest BCUT2D eigenvalue weighted by Crippen LogP contribution is 2.32. The SMILES string of the molecule is COC(=O)c1ccc2nc(CN3CC=C(c4cccc(OCc5ccc(C#CC6CC6)cc5F)n4)CC3)n(C[C@@H]3CCO3)c2c1.O=C(O)c1ccc2nc(CN3CC=C(c4cccc(OCc5ccc(C#CC6CC6)cc5F)n4)CC3)n(C[C@@H]3CCO3)c2c1. The van der Waals surface area contributed by atoms with Crippen molar-refractivity contribution in [2.45, 2.75) is 103 Å². The van der Waals surface area contributed by atoms with Crippen LogP contribution in [0.5, 0.6) is 11.8 Å². The van der Waals surface area contributed by atoms with Crippen molar-refractivity contribution in [1.82, 2.24) is 38.9 Å². The molecule has 4 fully saturated rings. The zero-order valence-corrected chi connectivity index (χ0v) is 49.6. The zero-order valence-electron chi connectivity index (χ0n) is 49.6. The molecule has 0 radical (unpaired) electrons. The van der Waals surface area contributed by atoms with Crippen LogP contribution in [0.25, 0.3) is 33.2 Å². The number of carbonyl (C=O) groups excluding carboxylic acids is 1. The number of fused-ring (bicyclic) bond motifs is 2. The lowest BCUT2D eigenvalue weighted by atomic mass is 10.0. The van der Waals surface area contributed by atoms with Gasteiger partial charge in [0.1, 0.15) is 36.5 Å². The maximum Gasteiger partial charge on any atom is 0.337 e. The summed E-state index contributed by atoms with van der Waals surface area (Å²) in [6, 6.07) is 32.1. The lowest BCUT2D eigenvalue weighted by Crippen LogP contribution is -2.33. The number of esters is 1. The van der Waals surface area contributed by atoms with Crippen molar-refractivity contribution in [3.8, 4) is 35.4 Å². The second kappa shape index (κ2) is 26.7. The summed E-state index contributed by atoms with van der Waals surface area (Å²) < 4.78 is 61.8. The summed E-state index contributed by atoms with van der Waals surface area (Å²) in [7, 11) is 1.39. The van der Waals surface area contributed by atoms with E-state index in [4.69, 9.17) is 43.6 Å².